The molecule has 0 bridgehead atoms. The Labute approximate surface area is 198 Å². The normalized spacial score (nSPS) is 12.5. The number of carbonyl (C=O) groups is 1. The molecular formula is C21H27BrN5O4S+. The number of anilines is 3. The second kappa shape index (κ2) is 8.99. The van der Waals surface area contributed by atoms with Crippen LogP contribution in [-0.2, 0) is 0 Å². The van der Waals surface area contributed by atoms with E-state index in [-0.39, 0.29) is 44.8 Å². The molecule has 0 unspecified atom stereocenters. The number of nitrogens with zero attached hydrogens (tertiary/aromatic N) is 2. The van der Waals surface area contributed by atoms with Crippen molar-refractivity contribution in [2.75, 3.05) is 24.7 Å². The highest BCUT2D eigenvalue weighted by molar-refractivity contribution is 9.10. The van der Waals surface area contributed by atoms with Crippen LogP contribution in [0.2, 0.25) is 0 Å². The van der Waals surface area contributed by atoms with Gasteiger partial charge in [-0.25, -0.2) is 0 Å². The first-order valence-corrected chi connectivity index (χ1v) is 11.5. The maximum Gasteiger partial charge on any atom is 0.371 e. The van der Waals surface area contributed by atoms with Gasteiger partial charge in [0.2, 0.25) is 0 Å². The number of hydrogen-bond acceptors (Lipinski definition) is 7. The molecule has 0 aliphatic carbocycles. The maximum absolute atomic E-state index is 12.5. The highest BCUT2D eigenvalue weighted by atomic mass is 79.9. The van der Waals surface area contributed by atoms with Crippen molar-refractivity contribution in [2.24, 2.45) is 5.41 Å². The lowest BCUT2D eigenvalue weighted by Gasteiger charge is -2.30. The summed E-state index contributed by atoms with van der Waals surface area (Å²) in [5.41, 5.74) is 0.0829. The molecule has 32 heavy (non-hydrogen) atoms. The minimum atomic E-state index is -0.383. The summed E-state index contributed by atoms with van der Waals surface area (Å²) in [5.74, 6) is -0.334. The van der Waals surface area contributed by atoms with Crippen LogP contribution in [0, 0.1) is 17.2 Å². The van der Waals surface area contributed by atoms with Gasteiger partial charge in [0.25, 0.3) is 11.7 Å². The first-order valence-electron chi connectivity index (χ1n) is 9.87. The molecule has 1 amide bonds. The van der Waals surface area contributed by atoms with Crippen LogP contribution in [0.5, 0.6) is 5.75 Å². The van der Waals surface area contributed by atoms with Crippen LogP contribution in [0.15, 0.2) is 33.4 Å². The van der Waals surface area contributed by atoms with E-state index in [0.29, 0.717) is 10.3 Å². The Hall–Kier alpha value is -2.79. The smallest absolute Gasteiger partial charge is 0.371 e. The van der Waals surface area contributed by atoms with Crippen LogP contribution in [0.1, 0.15) is 46.9 Å². The van der Waals surface area contributed by atoms with Crippen LogP contribution in [0.4, 0.5) is 17.3 Å². The number of benzene rings is 1. The van der Waals surface area contributed by atoms with Gasteiger partial charge >= 0.3 is 5.82 Å². The van der Waals surface area contributed by atoms with Crippen molar-refractivity contribution >= 4 is 50.5 Å². The monoisotopic (exact) mass is 524 g/mol. The number of carbonyl (C=O) groups excluding carboxylic acids is 1. The molecule has 0 fully saturated rings. The highest BCUT2D eigenvalue weighted by Crippen LogP contribution is 2.41. The number of rotatable bonds is 6. The zero-order valence-electron chi connectivity index (χ0n) is 18.7. The van der Waals surface area contributed by atoms with E-state index in [0.717, 1.165) is 4.88 Å². The van der Waals surface area contributed by atoms with Crippen molar-refractivity contribution in [1.82, 2.24) is 10.1 Å². The number of thiophene rings is 1. The summed E-state index contributed by atoms with van der Waals surface area (Å²) in [4.78, 5) is 28.5. The van der Waals surface area contributed by atoms with Crippen molar-refractivity contribution in [3.63, 3.8) is 0 Å². The fourth-order valence-corrected chi connectivity index (χ4v) is 4.83. The number of H-pyrrole nitrogens is 1. The highest BCUT2D eigenvalue weighted by Gasteiger charge is 2.32. The van der Waals surface area contributed by atoms with E-state index in [2.05, 4.69) is 64.6 Å². The number of halogens is 1. The van der Waals surface area contributed by atoms with Crippen molar-refractivity contribution in [2.45, 2.75) is 33.7 Å². The van der Waals surface area contributed by atoms with Crippen LogP contribution in [0.3, 0.4) is 0 Å². The number of nitrogens with one attached hydrogen (secondary N) is 3. The molecule has 1 atom stereocenters. The molecule has 4 N–H and O–H groups in total. The average molecular weight is 525 g/mol. The summed E-state index contributed by atoms with van der Waals surface area (Å²) < 4.78 is 5.66. The minimum Gasteiger partial charge on any atom is -0.504 e. The Bertz CT molecular complexity index is 1190. The third-order valence-electron chi connectivity index (χ3n) is 4.85. The predicted octanol–water partition coefficient (Wildman–Crippen LogP) is 5.00. The topological polar surface area (TPSA) is 116 Å². The molecule has 3 aromatic rings. The summed E-state index contributed by atoms with van der Waals surface area (Å²) in [6.45, 7) is 8.33. The first-order chi connectivity index (χ1) is 14.9. The molecule has 0 aliphatic rings. The van der Waals surface area contributed by atoms with Crippen LogP contribution in [-0.4, -0.2) is 35.2 Å². The van der Waals surface area contributed by atoms with Gasteiger partial charge in [-0.3, -0.25) is 10.1 Å². The molecule has 2 heterocycles. The number of amides is 1. The fourth-order valence-electron chi connectivity index (χ4n) is 3.17. The van der Waals surface area contributed by atoms with E-state index < -0.39 is 0 Å². The van der Waals surface area contributed by atoms with Crippen LogP contribution in [0.25, 0.3) is 0 Å². The number of phenols is 1. The second-order valence-electron chi connectivity index (χ2n) is 8.71. The molecule has 0 spiro atoms. The largest absolute Gasteiger partial charge is 0.504 e. The average Bonchev–Trinajstić information content (AvgIpc) is 3.26. The zero-order chi connectivity index (χ0) is 23.8. The Kier molecular flexibility index (Phi) is 6.70. The van der Waals surface area contributed by atoms with Gasteiger partial charge in [-0.15, -0.1) is 16.0 Å². The van der Waals surface area contributed by atoms with Crippen LogP contribution >= 0.6 is 27.3 Å². The van der Waals surface area contributed by atoms with E-state index in [1.54, 1.807) is 37.6 Å². The Morgan fingerprint density at radius 3 is 2.53 bits per heavy atom. The Balaban J connectivity index is 1.99. The summed E-state index contributed by atoms with van der Waals surface area (Å²) in [6.07, 6.45) is 0. The fraction of sp³-hybridized carbons (Fsp3) is 0.381. The van der Waals surface area contributed by atoms with Crippen LogP contribution < -0.4 is 15.2 Å². The van der Waals surface area contributed by atoms with Crippen molar-refractivity contribution in [1.29, 1.82) is 0 Å². The van der Waals surface area contributed by atoms with Gasteiger partial charge < -0.3 is 15.3 Å². The third kappa shape index (κ3) is 4.83. The van der Waals surface area contributed by atoms with Gasteiger partial charge in [0.1, 0.15) is 5.69 Å². The van der Waals surface area contributed by atoms with E-state index in [9.17, 15) is 14.8 Å². The van der Waals surface area contributed by atoms with E-state index >= 15 is 0 Å². The molecule has 3 rings (SSSR count). The number of hydrogen-bond donors (Lipinski definition) is 4. The molecule has 2 aromatic heterocycles. The second-order valence-corrected chi connectivity index (χ2v) is 10.9. The van der Waals surface area contributed by atoms with Gasteiger partial charge in [-0.05, 0) is 57.4 Å². The van der Waals surface area contributed by atoms with Gasteiger partial charge in [0.05, 0.1) is 11.6 Å². The van der Waals surface area contributed by atoms with Gasteiger partial charge in [0.15, 0.2) is 10.3 Å². The summed E-state index contributed by atoms with van der Waals surface area (Å²) in [5, 5.41) is 19.6. The molecule has 9 nitrogen and oxygen atoms in total. The van der Waals surface area contributed by atoms with E-state index in [1.165, 1.54) is 9.78 Å². The minimum absolute atomic E-state index is 0.0217. The summed E-state index contributed by atoms with van der Waals surface area (Å²) in [7, 11) is 3.18. The summed E-state index contributed by atoms with van der Waals surface area (Å²) >= 11 is 4.97. The zero-order valence-corrected chi connectivity index (χ0v) is 21.1. The van der Waals surface area contributed by atoms with Gasteiger partial charge in [0, 0.05) is 28.3 Å². The molecule has 11 heteroatoms. The predicted molar refractivity (Wildman–Crippen MR) is 128 cm³/mol. The molecule has 172 valence electrons. The van der Waals surface area contributed by atoms with E-state index in [4.69, 9.17) is 4.63 Å². The molecular weight excluding hydrogens is 498 g/mol. The lowest BCUT2D eigenvalue weighted by Crippen LogP contribution is -2.26. The van der Waals surface area contributed by atoms with Gasteiger partial charge in [-0.2, -0.15) is 0 Å². The lowest BCUT2D eigenvalue weighted by atomic mass is 9.86. The Morgan fingerprint density at radius 2 is 1.97 bits per heavy atom. The molecule has 0 saturated heterocycles. The molecule has 0 radical (unpaired) electrons. The van der Waals surface area contributed by atoms with E-state index in [1.807, 2.05) is 6.92 Å². The third-order valence-corrected chi connectivity index (χ3v) is 6.58. The SMILES string of the molecule is Cc1ccc([C@H](Nc2[nH]o[n+](=O)c2Nc2ccc(Br)c(C(=O)N(C)C)c2O)C(C)(C)C)s1. The molecule has 0 saturated carbocycles. The number of aromatic hydroxyl groups is 1. The van der Waals surface area contributed by atoms with Crippen molar-refractivity contribution in [3.8, 4) is 5.75 Å². The van der Waals surface area contributed by atoms with Gasteiger partial charge in [-0.1, -0.05) is 25.9 Å². The number of aromatic nitrogens is 2. The lowest BCUT2D eigenvalue weighted by molar-refractivity contribution is -0.701. The first kappa shape index (κ1) is 23.9. The standard InChI is InChI=1S/C21H26BrN5O4S/c1-11-7-10-14(32-11)17(21(2,3)4)24-18-19(27(30)31-25-18)23-13-9-8-12(22)15(16(13)28)20(29)26(5)6/h7-10,17,23H,1-6H3,(H2-,24,25,28,29,30)/p+1/t17-/m0/s1. The molecule has 1 aromatic carbocycles. The summed E-state index contributed by atoms with van der Waals surface area (Å²) in [6, 6.07) is 7.17. The van der Waals surface area contributed by atoms with Crippen molar-refractivity contribution in [3.05, 3.63) is 49.0 Å². The molecule has 0 aliphatic heterocycles. The number of aryl methyl sites for hydroxylation is 1. The Morgan fingerprint density at radius 1 is 1.28 bits per heavy atom. The van der Waals surface area contributed by atoms with Crippen molar-refractivity contribution < 1.29 is 19.1 Å². The maximum atomic E-state index is 12.5. The quantitative estimate of drug-likeness (QED) is 0.337. The number of phenolic OH excluding ortho intramolecular Hbond substituents is 1. The number of aromatic amines is 1.